The summed E-state index contributed by atoms with van der Waals surface area (Å²) in [5.74, 6) is -3.18. The van der Waals surface area contributed by atoms with E-state index in [1.807, 2.05) is 0 Å². The topological polar surface area (TPSA) is 416 Å². The summed E-state index contributed by atoms with van der Waals surface area (Å²) in [6.07, 6.45) is -5.78. The van der Waals surface area contributed by atoms with Crippen LogP contribution in [0.15, 0.2) is 4.99 Å². The smallest absolute Gasteiger partial charge is 0.404 e. The quantitative estimate of drug-likeness (QED) is 0.0381. The van der Waals surface area contributed by atoms with Crippen LogP contribution >= 0.6 is 0 Å². The number of guanidine groups is 1. The fourth-order valence-corrected chi connectivity index (χ4v) is 6.38. The number of hydrogen-bond donors (Lipinski definition) is 15. The number of aliphatic carboxylic acids is 1. The number of carbonyl (C=O) groups excluding carboxylic acids is 5. The molecule has 24 heteroatoms. The number of aliphatic imine (C=N–C) groups is 1. The highest BCUT2D eigenvalue weighted by Gasteiger charge is 2.49. The molecule has 57 heavy (non-hydrogen) atoms. The number of carbonyl (C=O) groups is 6. The van der Waals surface area contributed by atoms with Crippen LogP contribution in [0, 0.1) is 0 Å². The van der Waals surface area contributed by atoms with E-state index in [0.717, 1.165) is 6.42 Å². The maximum atomic E-state index is 13.4. The van der Waals surface area contributed by atoms with Gasteiger partial charge in [0.15, 0.2) is 24.3 Å². The van der Waals surface area contributed by atoms with Crippen molar-refractivity contribution in [3.05, 3.63) is 0 Å². The van der Waals surface area contributed by atoms with Crippen LogP contribution in [0.3, 0.4) is 0 Å². The number of carboxylic acids is 1. The average Bonchev–Trinajstić information content (AvgIpc) is 3.57. The highest BCUT2D eigenvalue weighted by atomic mass is 16.6. The molecule has 326 valence electrons. The van der Waals surface area contributed by atoms with Crippen molar-refractivity contribution >= 4 is 41.7 Å². The summed E-state index contributed by atoms with van der Waals surface area (Å²) < 4.78 is 10.8. The maximum absolute atomic E-state index is 13.4. The van der Waals surface area contributed by atoms with Crippen molar-refractivity contribution < 1.29 is 58.7 Å². The molecule has 0 saturated carbocycles. The third-order valence-corrected chi connectivity index (χ3v) is 9.21. The van der Waals surface area contributed by atoms with E-state index in [2.05, 4.69) is 36.9 Å². The van der Waals surface area contributed by atoms with E-state index in [-0.39, 0.29) is 62.6 Å². The molecule has 0 unspecified atom stereocenters. The fraction of sp³-hybridized carbons (Fsp3) is 0.788. The third-order valence-electron chi connectivity index (χ3n) is 9.21. The molecule has 2 aliphatic heterocycles. The van der Waals surface area contributed by atoms with Crippen molar-refractivity contribution in [3.8, 4) is 0 Å². The molecule has 1 fully saturated rings. The number of rotatable bonds is 25. The predicted octanol–water partition coefficient (Wildman–Crippen LogP) is -6.44. The van der Waals surface area contributed by atoms with Gasteiger partial charge in [-0.3, -0.25) is 19.2 Å². The average molecular weight is 819 g/mol. The van der Waals surface area contributed by atoms with Crippen LogP contribution in [0.1, 0.15) is 64.7 Å². The lowest BCUT2D eigenvalue weighted by Gasteiger charge is -2.44. The first kappa shape index (κ1) is 48.7. The Bertz CT molecular complexity index is 1360. The third kappa shape index (κ3) is 17.3. The van der Waals surface area contributed by atoms with Crippen LogP contribution in [0.5, 0.6) is 0 Å². The minimum absolute atomic E-state index is 0.0428. The van der Waals surface area contributed by atoms with Gasteiger partial charge in [0.25, 0.3) is 0 Å². The van der Waals surface area contributed by atoms with E-state index in [1.165, 1.54) is 6.92 Å². The maximum Gasteiger partial charge on any atom is 0.404 e. The molecule has 2 heterocycles. The van der Waals surface area contributed by atoms with Crippen molar-refractivity contribution in [2.45, 2.75) is 132 Å². The standard InChI is InChI=1S/C33H62N12O12/c1-16(47)41-19(7-4-10-40-23(50)12-18(37)6-3-9-39-22(49)11-17(36)5-2-8-34)13-24(51)42-27-28(52)29(57-32(38)55)21(15-46)56-30(27)45-33-43-25(20(48)14-35)26(44-33)31(53)54/h17-21,25-30,46,48,52H,2-15,34-37H2,1H3,(H2,38,55)(H,39,49)(H,40,50)(H,41,47)(H,42,51)(H,53,54)(H2,43,44,45)/t17-,18-,19-,20+,21+,25+,26-,27+,28-,29-,30+/m0/s1. The van der Waals surface area contributed by atoms with Gasteiger partial charge in [-0.15, -0.1) is 0 Å². The lowest BCUT2D eigenvalue weighted by molar-refractivity contribution is -0.198. The molecule has 0 radical (unpaired) electrons. The summed E-state index contributed by atoms with van der Waals surface area (Å²) >= 11 is 0. The van der Waals surface area contributed by atoms with Gasteiger partial charge in [0.05, 0.1) is 12.7 Å². The molecule has 11 atom stereocenters. The summed E-state index contributed by atoms with van der Waals surface area (Å²) in [6, 6.07) is -5.51. The Morgan fingerprint density at radius 3 is 2.05 bits per heavy atom. The molecule has 5 amide bonds. The zero-order valence-corrected chi connectivity index (χ0v) is 32.1. The lowest BCUT2D eigenvalue weighted by Crippen LogP contribution is -2.69. The number of hydrogen-bond acceptors (Lipinski definition) is 18. The Hall–Kier alpha value is -4.43. The predicted molar refractivity (Wildman–Crippen MR) is 202 cm³/mol. The molecular weight excluding hydrogens is 756 g/mol. The van der Waals surface area contributed by atoms with Crippen LogP contribution in [-0.4, -0.2) is 162 Å². The molecule has 0 aromatic rings. The van der Waals surface area contributed by atoms with Crippen LogP contribution in [0.4, 0.5) is 4.79 Å². The lowest BCUT2D eigenvalue weighted by atomic mass is 9.95. The molecule has 0 aromatic heterocycles. The van der Waals surface area contributed by atoms with Gasteiger partial charge in [0, 0.05) is 63.9 Å². The second-order valence-electron chi connectivity index (χ2n) is 14.1. The summed E-state index contributed by atoms with van der Waals surface area (Å²) in [6.45, 7) is 1.27. The second-order valence-corrected chi connectivity index (χ2v) is 14.1. The van der Waals surface area contributed by atoms with E-state index in [9.17, 15) is 49.2 Å². The summed E-state index contributed by atoms with van der Waals surface area (Å²) in [5, 5.41) is 57.1. The van der Waals surface area contributed by atoms with Gasteiger partial charge in [0.2, 0.25) is 23.6 Å². The first-order chi connectivity index (χ1) is 27.0. The minimum Gasteiger partial charge on any atom is -0.480 e. The van der Waals surface area contributed by atoms with Crippen LogP contribution in [0.2, 0.25) is 0 Å². The first-order valence-electron chi connectivity index (χ1n) is 18.9. The number of amides is 5. The largest absolute Gasteiger partial charge is 0.480 e. The molecule has 2 rings (SSSR count). The normalized spacial score (nSPS) is 25.1. The van der Waals surface area contributed by atoms with E-state index >= 15 is 0 Å². The van der Waals surface area contributed by atoms with Crippen LogP contribution in [-0.2, 0) is 33.4 Å². The Labute approximate surface area is 330 Å². The van der Waals surface area contributed by atoms with E-state index in [1.54, 1.807) is 0 Å². The summed E-state index contributed by atoms with van der Waals surface area (Å²) in [7, 11) is 0. The zero-order chi connectivity index (χ0) is 42.7. The molecule has 24 nitrogen and oxygen atoms in total. The molecule has 1 saturated heterocycles. The number of aliphatic hydroxyl groups is 3. The SMILES string of the molecule is CC(=O)N[C@@H](CCCNC(=O)C[C@@H](N)CCCNC(=O)C[C@@H](N)CCCN)CC(=O)N[C@@H]1[C@H](O)[C@@H](OC(N)=O)[C@@H](CO)O[C@H]1NC1=N[C@H]([C@H](O)CN)[C@@H](C(=O)O)N1. The van der Waals surface area contributed by atoms with E-state index in [4.69, 9.17) is 38.1 Å². The molecule has 0 aliphatic carbocycles. The van der Waals surface area contributed by atoms with Gasteiger partial charge in [-0.2, -0.15) is 0 Å². The number of nitrogens with two attached hydrogens (primary N) is 5. The van der Waals surface area contributed by atoms with Crippen molar-refractivity contribution in [3.63, 3.8) is 0 Å². The second kappa shape index (κ2) is 25.0. The zero-order valence-electron chi connectivity index (χ0n) is 32.1. The van der Waals surface area contributed by atoms with Gasteiger partial charge >= 0.3 is 12.1 Å². The number of nitrogens with zero attached hydrogens (tertiary/aromatic N) is 1. The van der Waals surface area contributed by atoms with Gasteiger partial charge in [0.1, 0.15) is 24.3 Å². The number of primary amides is 1. The molecule has 20 N–H and O–H groups in total. The van der Waals surface area contributed by atoms with Gasteiger partial charge in [-0.1, -0.05) is 0 Å². The molecule has 0 aromatic carbocycles. The van der Waals surface area contributed by atoms with E-state index < -0.39 is 91.3 Å². The van der Waals surface area contributed by atoms with E-state index in [0.29, 0.717) is 38.8 Å². The van der Waals surface area contributed by atoms with Crippen LogP contribution < -0.4 is 60.6 Å². The fourth-order valence-electron chi connectivity index (χ4n) is 6.38. The van der Waals surface area contributed by atoms with Gasteiger partial charge < -0.3 is 90.5 Å². The van der Waals surface area contributed by atoms with Gasteiger partial charge in [-0.25, -0.2) is 14.6 Å². The monoisotopic (exact) mass is 818 g/mol. The Balaban J connectivity index is 1.96. The Morgan fingerprint density at radius 1 is 0.930 bits per heavy atom. The number of nitrogens with one attached hydrogen (secondary N) is 6. The van der Waals surface area contributed by atoms with Crippen molar-refractivity contribution in [2.24, 2.45) is 33.7 Å². The number of aliphatic hydroxyl groups excluding tert-OH is 3. The molecule has 0 spiro atoms. The summed E-state index contributed by atoms with van der Waals surface area (Å²) in [4.78, 5) is 77.5. The molecule has 2 aliphatic rings. The van der Waals surface area contributed by atoms with Crippen molar-refractivity contribution in [1.82, 2.24) is 31.9 Å². The minimum atomic E-state index is -1.75. The summed E-state index contributed by atoms with van der Waals surface area (Å²) in [5.41, 5.74) is 28.1. The Kier molecular flexibility index (Phi) is 21.4. The highest BCUT2D eigenvalue weighted by molar-refractivity contribution is 5.90. The Morgan fingerprint density at radius 2 is 1.53 bits per heavy atom. The van der Waals surface area contributed by atoms with Crippen molar-refractivity contribution in [2.75, 3.05) is 32.8 Å². The van der Waals surface area contributed by atoms with Gasteiger partial charge in [-0.05, 0) is 45.1 Å². The molecular formula is C33H62N12O12. The highest BCUT2D eigenvalue weighted by Crippen LogP contribution is 2.24. The molecule has 0 bridgehead atoms. The number of ether oxygens (including phenoxy) is 2. The number of carboxylic acid groups (broad SMARTS) is 1. The van der Waals surface area contributed by atoms with Crippen molar-refractivity contribution in [1.29, 1.82) is 0 Å². The first-order valence-corrected chi connectivity index (χ1v) is 18.9. The van der Waals surface area contributed by atoms with Crippen LogP contribution in [0.25, 0.3) is 0 Å².